The van der Waals surface area contributed by atoms with Crippen LogP contribution in [-0.2, 0) is 6.54 Å². The molecule has 8 heteroatoms. The number of nitrogens with zero attached hydrogens (tertiary/aromatic N) is 4. The van der Waals surface area contributed by atoms with Crippen molar-refractivity contribution in [1.82, 2.24) is 24.8 Å². The molecule has 1 fully saturated rings. The molecule has 7 nitrogen and oxygen atoms in total. The predicted octanol–water partition coefficient (Wildman–Crippen LogP) is 2.71. The molecule has 0 aromatic carbocycles. The van der Waals surface area contributed by atoms with Crippen LogP contribution in [0.3, 0.4) is 0 Å². The number of aromatic nitrogens is 4. The second kappa shape index (κ2) is 7.98. The van der Waals surface area contributed by atoms with E-state index in [0.29, 0.717) is 11.8 Å². The van der Waals surface area contributed by atoms with Crippen molar-refractivity contribution >= 4 is 17.3 Å². The lowest BCUT2D eigenvalue weighted by Crippen LogP contribution is -2.34. The number of aromatic amines is 1. The maximum absolute atomic E-state index is 12.2. The summed E-state index contributed by atoms with van der Waals surface area (Å²) in [6, 6.07) is 5.60. The average Bonchev–Trinajstić information content (AvgIpc) is 3.23. The summed E-state index contributed by atoms with van der Waals surface area (Å²) in [7, 11) is 1.81. The van der Waals surface area contributed by atoms with Gasteiger partial charge in [-0.3, -0.25) is 9.69 Å². The lowest BCUT2D eigenvalue weighted by molar-refractivity contribution is 0.198. The molecule has 1 saturated heterocycles. The van der Waals surface area contributed by atoms with Gasteiger partial charge >= 0.3 is 0 Å². The van der Waals surface area contributed by atoms with Crippen molar-refractivity contribution in [2.45, 2.75) is 25.3 Å². The molecule has 3 aromatic heterocycles. The van der Waals surface area contributed by atoms with Gasteiger partial charge in [0.15, 0.2) is 0 Å². The van der Waals surface area contributed by atoms with Crippen LogP contribution >= 0.6 is 11.3 Å². The Kier molecular flexibility index (Phi) is 5.26. The number of nitrogens with one attached hydrogen (secondary N) is 2. The zero-order valence-corrected chi connectivity index (χ0v) is 16.0. The molecule has 4 rings (SSSR count). The van der Waals surface area contributed by atoms with Gasteiger partial charge < -0.3 is 10.3 Å². The predicted molar refractivity (Wildman–Crippen MR) is 107 cm³/mol. The lowest BCUT2D eigenvalue weighted by atomic mass is 9.94. The Labute approximate surface area is 161 Å². The Hall–Kier alpha value is -2.58. The minimum atomic E-state index is -0.0865. The molecule has 0 radical (unpaired) electrons. The average molecular weight is 382 g/mol. The van der Waals surface area contributed by atoms with E-state index in [2.05, 4.69) is 25.2 Å². The molecule has 2 N–H and O–H groups in total. The van der Waals surface area contributed by atoms with Crippen LogP contribution < -0.4 is 10.9 Å². The van der Waals surface area contributed by atoms with Crippen molar-refractivity contribution in [3.05, 3.63) is 57.6 Å². The van der Waals surface area contributed by atoms with E-state index in [9.17, 15) is 4.79 Å². The van der Waals surface area contributed by atoms with E-state index in [-0.39, 0.29) is 11.5 Å². The highest BCUT2D eigenvalue weighted by Gasteiger charge is 2.23. The summed E-state index contributed by atoms with van der Waals surface area (Å²) < 4.78 is 0. The summed E-state index contributed by atoms with van der Waals surface area (Å²) in [5, 5.41) is 4.92. The van der Waals surface area contributed by atoms with Crippen LogP contribution in [0, 0.1) is 0 Å². The minimum absolute atomic E-state index is 0.0865. The molecule has 0 saturated carbocycles. The number of likely N-dealkylation sites (tertiary alicyclic amines) is 1. The summed E-state index contributed by atoms with van der Waals surface area (Å²) >= 11 is 1.58. The van der Waals surface area contributed by atoms with Crippen LogP contribution in [-0.4, -0.2) is 45.0 Å². The number of piperidine rings is 1. The smallest absolute Gasteiger partial charge is 0.251 e. The number of anilines is 1. The summed E-state index contributed by atoms with van der Waals surface area (Å²) in [6.45, 7) is 2.72. The second-order valence-corrected chi connectivity index (χ2v) is 7.68. The number of hydrogen-bond acceptors (Lipinski definition) is 7. The van der Waals surface area contributed by atoms with E-state index in [4.69, 9.17) is 4.98 Å². The van der Waals surface area contributed by atoms with E-state index >= 15 is 0 Å². The summed E-state index contributed by atoms with van der Waals surface area (Å²) in [4.78, 5) is 31.7. The maximum Gasteiger partial charge on any atom is 0.251 e. The van der Waals surface area contributed by atoms with Crippen molar-refractivity contribution in [2.24, 2.45) is 0 Å². The van der Waals surface area contributed by atoms with Crippen LogP contribution in [0.15, 0.2) is 40.8 Å². The molecule has 1 aliphatic heterocycles. The van der Waals surface area contributed by atoms with Crippen LogP contribution in [0.4, 0.5) is 5.95 Å². The third-order valence-corrected chi connectivity index (χ3v) is 5.65. The number of hydrogen-bond donors (Lipinski definition) is 2. The fraction of sp³-hybridized carbons (Fsp3) is 0.368. The molecule has 0 spiro atoms. The van der Waals surface area contributed by atoms with Gasteiger partial charge in [-0.25, -0.2) is 15.0 Å². The molecule has 0 aliphatic carbocycles. The molecular weight excluding hydrogens is 360 g/mol. The fourth-order valence-corrected chi connectivity index (χ4v) is 4.15. The van der Waals surface area contributed by atoms with E-state index < -0.39 is 0 Å². The maximum atomic E-state index is 12.2. The fourth-order valence-electron chi connectivity index (χ4n) is 3.48. The van der Waals surface area contributed by atoms with Gasteiger partial charge in [0.2, 0.25) is 5.95 Å². The van der Waals surface area contributed by atoms with Crippen molar-refractivity contribution in [3.63, 3.8) is 0 Å². The van der Waals surface area contributed by atoms with Crippen molar-refractivity contribution in [2.75, 3.05) is 25.5 Å². The molecule has 3 aromatic rings. The lowest BCUT2D eigenvalue weighted by Gasteiger charge is -2.32. The highest BCUT2D eigenvalue weighted by Crippen LogP contribution is 2.28. The molecule has 1 atom stereocenters. The van der Waals surface area contributed by atoms with Gasteiger partial charge in [-0.2, -0.15) is 0 Å². The third-order valence-electron chi connectivity index (χ3n) is 4.77. The van der Waals surface area contributed by atoms with Crippen LogP contribution in [0.1, 0.15) is 30.0 Å². The Morgan fingerprint density at radius 1 is 1.37 bits per heavy atom. The van der Waals surface area contributed by atoms with E-state index in [0.717, 1.165) is 48.6 Å². The van der Waals surface area contributed by atoms with Crippen molar-refractivity contribution in [1.29, 1.82) is 0 Å². The van der Waals surface area contributed by atoms with Crippen molar-refractivity contribution < 1.29 is 0 Å². The largest absolute Gasteiger partial charge is 0.357 e. The Balaban J connectivity index is 1.50. The zero-order chi connectivity index (χ0) is 18.6. The minimum Gasteiger partial charge on any atom is -0.357 e. The van der Waals surface area contributed by atoms with Crippen LogP contribution in [0.25, 0.3) is 10.7 Å². The molecule has 0 bridgehead atoms. The normalized spacial score (nSPS) is 17.7. The van der Waals surface area contributed by atoms with Gasteiger partial charge in [-0.05, 0) is 30.8 Å². The first-order valence-corrected chi connectivity index (χ1v) is 9.95. The Morgan fingerprint density at radius 2 is 2.22 bits per heavy atom. The first kappa shape index (κ1) is 17.8. The number of rotatable bonds is 5. The Bertz CT molecular complexity index is 938. The first-order valence-electron chi connectivity index (χ1n) is 9.07. The molecule has 1 aliphatic rings. The second-order valence-electron chi connectivity index (χ2n) is 6.74. The molecule has 1 unspecified atom stereocenters. The van der Waals surface area contributed by atoms with Crippen molar-refractivity contribution in [3.8, 4) is 10.7 Å². The SMILES string of the molecule is CNc1ncc(CN2CCCC(c3cc(=O)[nH]c(-c4cccs4)n3)C2)cn1. The third kappa shape index (κ3) is 4.23. The number of H-pyrrole nitrogens is 1. The van der Waals surface area contributed by atoms with Gasteiger partial charge in [0.25, 0.3) is 5.56 Å². The molecule has 27 heavy (non-hydrogen) atoms. The standard InChI is InChI=1S/C19H22N6OS/c1-20-19-21-9-13(10-22-19)11-25-6-2-4-14(12-25)15-8-17(26)24-18(23-15)16-5-3-7-27-16/h3,5,7-10,14H,2,4,6,11-12H2,1H3,(H,20,21,22)(H,23,24,26). The van der Waals surface area contributed by atoms with Gasteiger partial charge in [0.05, 0.1) is 10.6 Å². The molecule has 0 amide bonds. The van der Waals surface area contributed by atoms with Gasteiger partial charge in [0, 0.05) is 50.1 Å². The highest BCUT2D eigenvalue weighted by molar-refractivity contribution is 7.13. The van der Waals surface area contributed by atoms with E-state index in [1.54, 1.807) is 17.4 Å². The van der Waals surface area contributed by atoms with Gasteiger partial charge in [-0.15, -0.1) is 11.3 Å². The summed E-state index contributed by atoms with van der Waals surface area (Å²) in [6.07, 6.45) is 5.86. The van der Waals surface area contributed by atoms with Crippen LogP contribution in [0.5, 0.6) is 0 Å². The zero-order valence-electron chi connectivity index (χ0n) is 15.2. The topological polar surface area (TPSA) is 86.8 Å². The van der Waals surface area contributed by atoms with E-state index in [1.165, 1.54) is 0 Å². The summed E-state index contributed by atoms with van der Waals surface area (Å²) in [5.41, 5.74) is 1.89. The van der Waals surface area contributed by atoms with Gasteiger partial charge in [-0.1, -0.05) is 6.07 Å². The van der Waals surface area contributed by atoms with E-state index in [1.807, 2.05) is 37.0 Å². The molecule has 140 valence electrons. The Morgan fingerprint density at radius 3 is 2.96 bits per heavy atom. The van der Waals surface area contributed by atoms with Gasteiger partial charge in [0.1, 0.15) is 5.82 Å². The summed E-state index contributed by atoms with van der Waals surface area (Å²) in [5.74, 6) is 1.56. The number of thiophene rings is 1. The molecule has 4 heterocycles. The monoisotopic (exact) mass is 382 g/mol. The first-order chi connectivity index (χ1) is 13.2. The quantitative estimate of drug-likeness (QED) is 0.706. The highest BCUT2D eigenvalue weighted by atomic mass is 32.1. The van der Waals surface area contributed by atoms with Crippen LogP contribution in [0.2, 0.25) is 0 Å². The molecular formula is C19H22N6OS.